The van der Waals surface area contributed by atoms with Crippen molar-refractivity contribution in [1.82, 2.24) is 10.0 Å². The molecule has 1 aliphatic heterocycles. The van der Waals surface area contributed by atoms with Gasteiger partial charge in [0.25, 0.3) is 0 Å². The summed E-state index contributed by atoms with van der Waals surface area (Å²) < 4.78 is 27.8. The van der Waals surface area contributed by atoms with Crippen LogP contribution in [0.3, 0.4) is 0 Å². The lowest BCUT2D eigenvalue weighted by molar-refractivity contribution is 0.565. The second-order valence-corrected chi connectivity index (χ2v) is 7.22. The van der Waals surface area contributed by atoms with Crippen LogP contribution in [0.25, 0.3) is 0 Å². The first-order valence-electron chi connectivity index (χ1n) is 5.56. The number of halogens is 1. The largest absolute Gasteiger partial charge is 0.316 e. The van der Waals surface area contributed by atoms with Gasteiger partial charge in [-0.3, -0.25) is 0 Å². The van der Waals surface area contributed by atoms with Gasteiger partial charge in [0.2, 0.25) is 10.0 Å². The Morgan fingerprint density at radius 3 is 2.65 bits per heavy atom. The summed E-state index contributed by atoms with van der Waals surface area (Å²) in [7, 11) is -3.37. The molecule has 17 heavy (non-hydrogen) atoms. The third-order valence-electron chi connectivity index (χ3n) is 3.49. The highest BCUT2D eigenvalue weighted by Gasteiger charge is 2.54. The standard InChI is InChI=1S/C11H13BrN2O2S/c12-7-2-1-3-8(4-7)17(15,16)14-11-9-5-13-6-10(9)11/h1-4,9-11,13-14H,5-6H2. The van der Waals surface area contributed by atoms with E-state index in [1.54, 1.807) is 18.2 Å². The van der Waals surface area contributed by atoms with Gasteiger partial charge in [0, 0.05) is 10.5 Å². The van der Waals surface area contributed by atoms with Gasteiger partial charge in [0.1, 0.15) is 0 Å². The number of piperidine rings is 1. The Morgan fingerprint density at radius 2 is 2.00 bits per heavy atom. The van der Waals surface area contributed by atoms with Crippen molar-refractivity contribution in [2.75, 3.05) is 13.1 Å². The van der Waals surface area contributed by atoms with E-state index in [4.69, 9.17) is 0 Å². The summed E-state index contributed by atoms with van der Waals surface area (Å²) in [4.78, 5) is 0.324. The molecule has 4 nitrogen and oxygen atoms in total. The second kappa shape index (κ2) is 4.05. The van der Waals surface area contributed by atoms with Crippen LogP contribution in [0.1, 0.15) is 0 Å². The Kier molecular flexibility index (Phi) is 2.77. The molecule has 0 amide bonds. The highest BCUT2D eigenvalue weighted by Crippen LogP contribution is 2.42. The zero-order valence-corrected chi connectivity index (χ0v) is 11.5. The van der Waals surface area contributed by atoms with Crippen LogP contribution < -0.4 is 10.0 Å². The minimum atomic E-state index is -3.37. The van der Waals surface area contributed by atoms with Gasteiger partial charge in [0.05, 0.1) is 4.90 Å². The minimum absolute atomic E-state index is 0.125. The maximum atomic E-state index is 12.1. The van der Waals surface area contributed by atoms with Crippen LogP contribution in [0.15, 0.2) is 33.6 Å². The molecule has 0 aromatic heterocycles. The lowest BCUT2D eigenvalue weighted by Crippen LogP contribution is -2.32. The quantitative estimate of drug-likeness (QED) is 0.872. The first kappa shape index (κ1) is 11.6. The maximum Gasteiger partial charge on any atom is 0.240 e. The van der Waals surface area contributed by atoms with Crippen molar-refractivity contribution >= 4 is 26.0 Å². The Balaban J connectivity index is 1.78. The topological polar surface area (TPSA) is 58.2 Å². The fourth-order valence-electron chi connectivity index (χ4n) is 2.47. The molecule has 6 heteroatoms. The highest BCUT2D eigenvalue weighted by molar-refractivity contribution is 9.10. The van der Waals surface area contributed by atoms with Crippen LogP contribution in [0.5, 0.6) is 0 Å². The number of sulfonamides is 1. The number of fused-ring (bicyclic) bond motifs is 1. The molecule has 1 saturated heterocycles. The summed E-state index contributed by atoms with van der Waals surface area (Å²) in [5, 5.41) is 3.24. The van der Waals surface area contributed by atoms with Gasteiger partial charge < -0.3 is 5.32 Å². The van der Waals surface area contributed by atoms with Crippen LogP contribution in [-0.4, -0.2) is 27.5 Å². The first-order valence-corrected chi connectivity index (χ1v) is 7.84. The Labute approximate surface area is 109 Å². The van der Waals surface area contributed by atoms with Gasteiger partial charge in [-0.2, -0.15) is 0 Å². The summed E-state index contributed by atoms with van der Waals surface area (Å²) in [5.74, 6) is 0.967. The summed E-state index contributed by atoms with van der Waals surface area (Å²) >= 11 is 3.28. The van der Waals surface area contributed by atoms with Gasteiger partial charge in [-0.25, -0.2) is 13.1 Å². The third kappa shape index (κ3) is 2.14. The van der Waals surface area contributed by atoms with Crippen LogP contribution in [-0.2, 0) is 10.0 Å². The van der Waals surface area contributed by atoms with Crippen molar-refractivity contribution < 1.29 is 8.42 Å². The molecule has 2 fully saturated rings. The van der Waals surface area contributed by atoms with Gasteiger partial charge >= 0.3 is 0 Å². The molecule has 3 rings (SSSR count). The lowest BCUT2D eigenvalue weighted by atomic mass is 10.4. The molecule has 0 radical (unpaired) electrons. The molecule has 0 spiro atoms. The van der Waals surface area contributed by atoms with Crippen molar-refractivity contribution in [2.45, 2.75) is 10.9 Å². The summed E-state index contributed by atoms with van der Waals surface area (Å²) in [6, 6.07) is 6.91. The molecule has 1 heterocycles. The van der Waals surface area contributed by atoms with Gasteiger partial charge in [-0.1, -0.05) is 22.0 Å². The number of benzene rings is 1. The predicted molar refractivity (Wildman–Crippen MR) is 68.1 cm³/mol. The maximum absolute atomic E-state index is 12.1. The van der Waals surface area contributed by atoms with Crippen molar-refractivity contribution in [3.63, 3.8) is 0 Å². The minimum Gasteiger partial charge on any atom is -0.316 e. The lowest BCUT2D eigenvalue weighted by Gasteiger charge is -2.09. The molecule has 0 bridgehead atoms. The van der Waals surface area contributed by atoms with Crippen LogP contribution in [0.4, 0.5) is 0 Å². The average Bonchev–Trinajstić information content (AvgIpc) is 2.75. The van der Waals surface area contributed by atoms with Crippen LogP contribution >= 0.6 is 15.9 Å². The molecule has 2 unspecified atom stereocenters. The number of hydrogen-bond acceptors (Lipinski definition) is 3. The van der Waals surface area contributed by atoms with E-state index < -0.39 is 10.0 Å². The molecule has 1 aromatic rings. The fraction of sp³-hybridized carbons (Fsp3) is 0.455. The first-order chi connectivity index (χ1) is 8.08. The van der Waals surface area contributed by atoms with Crippen LogP contribution in [0.2, 0.25) is 0 Å². The molecular weight excluding hydrogens is 304 g/mol. The molecular formula is C11H13BrN2O2S. The molecule has 2 atom stereocenters. The van der Waals surface area contributed by atoms with Crippen molar-refractivity contribution in [1.29, 1.82) is 0 Å². The van der Waals surface area contributed by atoms with E-state index in [2.05, 4.69) is 26.0 Å². The van der Waals surface area contributed by atoms with E-state index in [-0.39, 0.29) is 6.04 Å². The van der Waals surface area contributed by atoms with E-state index >= 15 is 0 Å². The number of nitrogens with one attached hydrogen (secondary N) is 2. The Hall–Kier alpha value is -0.430. The molecule has 2 N–H and O–H groups in total. The smallest absolute Gasteiger partial charge is 0.240 e. The van der Waals surface area contributed by atoms with E-state index in [1.807, 2.05) is 6.07 Å². The van der Waals surface area contributed by atoms with Crippen LogP contribution in [0, 0.1) is 11.8 Å². The molecule has 1 aromatic carbocycles. The Bertz CT molecular complexity index is 536. The number of rotatable bonds is 3. The van der Waals surface area contributed by atoms with Crippen molar-refractivity contribution in [3.8, 4) is 0 Å². The zero-order chi connectivity index (χ0) is 12.0. The number of hydrogen-bond donors (Lipinski definition) is 2. The predicted octanol–water partition coefficient (Wildman–Crippen LogP) is 0.945. The zero-order valence-electron chi connectivity index (χ0n) is 9.06. The van der Waals surface area contributed by atoms with Gasteiger partial charge in [-0.15, -0.1) is 0 Å². The van der Waals surface area contributed by atoms with E-state index in [1.165, 1.54) is 0 Å². The Morgan fingerprint density at radius 1 is 1.29 bits per heavy atom. The van der Waals surface area contributed by atoms with Gasteiger partial charge in [-0.05, 0) is 43.1 Å². The van der Waals surface area contributed by atoms with Crippen molar-refractivity contribution in [2.24, 2.45) is 11.8 Å². The van der Waals surface area contributed by atoms with E-state index in [9.17, 15) is 8.42 Å². The summed E-state index contributed by atoms with van der Waals surface area (Å²) in [6.45, 7) is 1.85. The van der Waals surface area contributed by atoms with E-state index in [0.29, 0.717) is 16.7 Å². The molecule has 92 valence electrons. The molecule has 1 saturated carbocycles. The highest BCUT2D eigenvalue weighted by atomic mass is 79.9. The molecule has 2 aliphatic rings. The summed E-state index contributed by atoms with van der Waals surface area (Å²) in [5.41, 5.74) is 0. The monoisotopic (exact) mass is 316 g/mol. The average molecular weight is 317 g/mol. The third-order valence-corrected chi connectivity index (χ3v) is 5.44. The SMILES string of the molecule is O=S(=O)(NC1C2CNCC21)c1cccc(Br)c1. The van der Waals surface area contributed by atoms with Gasteiger partial charge in [0.15, 0.2) is 0 Å². The van der Waals surface area contributed by atoms with Crippen molar-refractivity contribution in [3.05, 3.63) is 28.7 Å². The second-order valence-electron chi connectivity index (χ2n) is 4.59. The normalized spacial score (nSPS) is 31.2. The fourth-order valence-corrected chi connectivity index (χ4v) is 4.41. The molecule has 1 aliphatic carbocycles. The van der Waals surface area contributed by atoms with E-state index in [0.717, 1.165) is 17.6 Å². The summed E-state index contributed by atoms with van der Waals surface area (Å²) in [6.07, 6.45) is 0.